The average Bonchev–Trinajstić information content (AvgIpc) is 2.65. The van der Waals surface area contributed by atoms with Gasteiger partial charge in [-0.25, -0.2) is 0 Å². The fourth-order valence-corrected chi connectivity index (χ4v) is 2.04. The average molecular weight is 230 g/mol. The molecule has 84 valence electrons. The molecule has 0 bridgehead atoms. The Bertz CT molecular complexity index is 334. The van der Waals surface area contributed by atoms with Crippen LogP contribution in [0.1, 0.15) is 34.7 Å². The summed E-state index contributed by atoms with van der Waals surface area (Å²) < 4.78 is 0. The van der Waals surface area contributed by atoms with Crippen molar-refractivity contribution in [1.29, 1.82) is 0 Å². The Balaban J connectivity index is 2.73. The number of hydrogen-bond acceptors (Lipinski definition) is 5. The molecule has 0 spiro atoms. The normalized spacial score (nSPS) is 14.9. The van der Waals surface area contributed by atoms with Crippen LogP contribution in [0, 0.1) is 0 Å². The molecule has 0 saturated heterocycles. The molecule has 4 nitrogen and oxygen atoms in total. The van der Waals surface area contributed by atoms with Crippen LogP contribution in [0.2, 0.25) is 0 Å². The molecule has 0 fully saturated rings. The van der Waals surface area contributed by atoms with Crippen LogP contribution >= 0.6 is 11.3 Å². The van der Waals surface area contributed by atoms with Crippen molar-refractivity contribution in [2.45, 2.75) is 25.6 Å². The van der Waals surface area contributed by atoms with E-state index < -0.39 is 12.2 Å². The second kappa shape index (κ2) is 5.37. The first-order valence-electron chi connectivity index (χ1n) is 4.62. The maximum atomic E-state index is 11.0. The third-order valence-electron chi connectivity index (χ3n) is 2.10. The van der Waals surface area contributed by atoms with Crippen LogP contribution in [0.3, 0.4) is 0 Å². The van der Waals surface area contributed by atoms with Crippen molar-refractivity contribution in [2.75, 3.05) is 6.61 Å². The fraction of sp³-hybridized carbons (Fsp3) is 0.500. The summed E-state index contributed by atoms with van der Waals surface area (Å²) in [5.74, 6) is -0.0601. The number of thiophene rings is 1. The lowest BCUT2D eigenvalue weighted by Gasteiger charge is -2.15. The Hall–Kier alpha value is -0.750. The zero-order valence-corrected chi connectivity index (χ0v) is 9.20. The molecule has 1 aromatic heterocycles. The number of rotatable bonds is 5. The van der Waals surface area contributed by atoms with Crippen molar-refractivity contribution in [2.24, 2.45) is 0 Å². The van der Waals surface area contributed by atoms with Crippen LogP contribution in [-0.2, 0) is 0 Å². The molecule has 2 unspecified atom stereocenters. The molecule has 1 rings (SSSR count). The highest BCUT2D eigenvalue weighted by molar-refractivity contribution is 7.12. The molecule has 0 aliphatic carbocycles. The highest BCUT2D eigenvalue weighted by Crippen LogP contribution is 2.24. The molecule has 1 aromatic rings. The molecule has 0 aromatic carbocycles. The lowest BCUT2D eigenvalue weighted by Crippen LogP contribution is -2.18. The Morgan fingerprint density at radius 3 is 2.67 bits per heavy atom. The smallest absolute Gasteiger partial charge is 0.169 e. The van der Waals surface area contributed by atoms with Gasteiger partial charge in [0.2, 0.25) is 0 Å². The van der Waals surface area contributed by atoms with Crippen LogP contribution in [0.25, 0.3) is 0 Å². The quantitative estimate of drug-likeness (QED) is 0.652. The van der Waals surface area contributed by atoms with Gasteiger partial charge in [-0.3, -0.25) is 4.79 Å². The van der Waals surface area contributed by atoms with Crippen molar-refractivity contribution in [3.8, 4) is 0 Å². The summed E-state index contributed by atoms with van der Waals surface area (Å²) in [4.78, 5) is 11.6. The SMILES string of the molecule is CC(=O)c1cc(C(O)C(O)CCO)cs1. The van der Waals surface area contributed by atoms with E-state index in [4.69, 9.17) is 5.11 Å². The van der Waals surface area contributed by atoms with Gasteiger partial charge in [0.05, 0.1) is 11.0 Å². The van der Waals surface area contributed by atoms with Gasteiger partial charge in [0.15, 0.2) is 5.78 Å². The minimum atomic E-state index is -1.04. The largest absolute Gasteiger partial charge is 0.396 e. The molecule has 0 aliphatic rings. The molecule has 0 radical (unpaired) electrons. The van der Waals surface area contributed by atoms with E-state index in [1.807, 2.05) is 0 Å². The molecule has 0 saturated carbocycles. The van der Waals surface area contributed by atoms with E-state index in [2.05, 4.69) is 0 Å². The predicted octanol–water partition coefficient (Wildman–Crippen LogP) is 0.727. The highest BCUT2D eigenvalue weighted by atomic mass is 32.1. The maximum Gasteiger partial charge on any atom is 0.169 e. The van der Waals surface area contributed by atoms with E-state index in [1.54, 1.807) is 11.4 Å². The molecule has 0 amide bonds. The lowest BCUT2D eigenvalue weighted by atomic mass is 10.1. The summed E-state index contributed by atoms with van der Waals surface area (Å²) >= 11 is 1.24. The van der Waals surface area contributed by atoms with Gasteiger partial charge in [0.1, 0.15) is 6.10 Å². The second-order valence-corrected chi connectivity index (χ2v) is 4.24. The van der Waals surface area contributed by atoms with E-state index in [0.29, 0.717) is 10.4 Å². The first kappa shape index (κ1) is 12.3. The molecule has 1 heterocycles. The molecule has 5 heteroatoms. The van der Waals surface area contributed by atoms with Gasteiger partial charge in [-0.05, 0) is 30.4 Å². The molecular formula is C10H14O4S. The van der Waals surface area contributed by atoms with Gasteiger partial charge in [-0.1, -0.05) is 0 Å². The van der Waals surface area contributed by atoms with E-state index in [9.17, 15) is 15.0 Å². The Kier molecular flexibility index (Phi) is 4.41. The van der Waals surface area contributed by atoms with Gasteiger partial charge in [-0.15, -0.1) is 11.3 Å². The van der Waals surface area contributed by atoms with Crippen LogP contribution in [-0.4, -0.2) is 33.8 Å². The standard InChI is InChI=1S/C10H14O4S/c1-6(12)9-4-7(5-15-9)10(14)8(13)2-3-11/h4-5,8,10-11,13-14H,2-3H2,1H3. The molecule has 0 aliphatic heterocycles. The van der Waals surface area contributed by atoms with E-state index >= 15 is 0 Å². The van der Waals surface area contributed by atoms with Crippen molar-refractivity contribution >= 4 is 17.1 Å². The van der Waals surface area contributed by atoms with E-state index in [0.717, 1.165) is 0 Å². The summed E-state index contributed by atoms with van der Waals surface area (Å²) in [6.07, 6.45) is -1.92. The number of carbonyl (C=O) groups excluding carboxylic acids is 1. The zero-order chi connectivity index (χ0) is 11.4. The molecule has 15 heavy (non-hydrogen) atoms. The van der Waals surface area contributed by atoms with Crippen LogP contribution < -0.4 is 0 Å². The zero-order valence-electron chi connectivity index (χ0n) is 8.38. The summed E-state index contributed by atoms with van der Waals surface area (Å²) in [6, 6.07) is 1.57. The third kappa shape index (κ3) is 3.10. The van der Waals surface area contributed by atoms with Gasteiger partial charge < -0.3 is 15.3 Å². The molecule has 3 N–H and O–H groups in total. The van der Waals surface area contributed by atoms with Gasteiger partial charge in [0.25, 0.3) is 0 Å². The van der Waals surface area contributed by atoms with Gasteiger partial charge in [0, 0.05) is 6.61 Å². The Morgan fingerprint density at radius 1 is 1.53 bits per heavy atom. The number of ketones is 1. The predicted molar refractivity (Wildman–Crippen MR) is 57.0 cm³/mol. The topological polar surface area (TPSA) is 77.8 Å². The van der Waals surface area contributed by atoms with Crippen molar-refractivity contribution < 1.29 is 20.1 Å². The minimum Gasteiger partial charge on any atom is -0.396 e. The Morgan fingerprint density at radius 2 is 2.20 bits per heavy atom. The first-order valence-corrected chi connectivity index (χ1v) is 5.50. The van der Waals surface area contributed by atoms with Crippen molar-refractivity contribution in [1.82, 2.24) is 0 Å². The first-order chi connectivity index (χ1) is 7.06. The molecule has 2 atom stereocenters. The van der Waals surface area contributed by atoms with E-state index in [1.165, 1.54) is 18.3 Å². The summed E-state index contributed by atoms with van der Waals surface area (Å²) in [5, 5.41) is 29.3. The van der Waals surface area contributed by atoms with E-state index in [-0.39, 0.29) is 18.8 Å². The number of carbonyl (C=O) groups is 1. The van der Waals surface area contributed by atoms with Crippen molar-refractivity contribution in [3.63, 3.8) is 0 Å². The lowest BCUT2D eigenvalue weighted by molar-refractivity contribution is 0.00442. The van der Waals surface area contributed by atoms with Crippen molar-refractivity contribution in [3.05, 3.63) is 21.9 Å². The molecular weight excluding hydrogens is 216 g/mol. The number of aliphatic hydroxyl groups excluding tert-OH is 3. The van der Waals surface area contributed by atoms with Crippen LogP contribution in [0.4, 0.5) is 0 Å². The van der Waals surface area contributed by atoms with Crippen LogP contribution in [0.15, 0.2) is 11.4 Å². The summed E-state index contributed by atoms with van der Waals surface area (Å²) in [6.45, 7) is 1.27. The monoisotopic (exact) mass is 230 g/mol. The third-order valence-corrected chi connectivity index (χ3v) is 3.15. The highest BCUT2D eigenvalue weighted by Gasteiger charge is 2.19. The number of aliphatic hydroxyl groups is 3. The number of Topliss-reactive ketones (excluding diaryl/α,β-unsaturated/α-hetero) is 1. The Labute approximate surface area is 91.8 Å². The summed E-state index contributed by atoms with van der Waals surface area (Å²) in [7, 11) is 0. The maximum absolute atomic E-state index is 11.0. The second-order valence-electron chi connectivity index (χ2n) is 3.32. The van der Waals surface area contributed by atoms with Crippen LogP contribution in [0.5, 0.6) is 0 Å². The minimum absolute atomic E-state index is 0.0601. The fourth-order valence-electron chi connectivity index (χ4n) is 1.20. The number of hydrogen-bond donors (Lipinski definition) is 3. The van der Waals surface area contributed by atoms with Gasteiger partial charge >= 0.3 is 0 Å². The van der Waals surface area contributed by atoms with Gasteiger partial charge in [-0.2, -0.15) is 0 Å². The summed E-state index contributed by atoms with van der Waals surface area (Å²) in [5.41, 5.74) is 0.520.